The molecule has 0 bridgehead atoms. The summed E-state index contributed by atoms with van der Waals surface area (Å²) in [6.07, 6.45) is 3.99. The second-order valence-corrected chi connectivity index (χ2v) is 8.87. The second-order valence-electron chi connectivity index (χ2n) is 6.64. The van der Waals surface area contributed by atoms with Gasteiger partial charge in [-0.25, -0.2) is 22.9 Å². The van der Waals surface area contributed by atoms with Crippen LogP contribution in [0, 0.1) is 6.92 Å². The van der Waals surface area contributed by atoms with Gasteiger partial charge in [0.1, 0.15) is 11.4 Å². The smallest absolute Gasteiger partial charge is 0.272 e. The third kappa shape index (κ3) is 3.29. The van der Waals surface area contributed by atoms with E-state index in [9.17, 15) is 18.0 Å². The Morgan fingerprint density at radius 2 is 2.15 bits per heavy atom. The number of hydrazone groups is 1. The monoisotopic (exact) mass is 390 g/mol. The van der Waals surface area contributed by atoms with Gasteiger partial charge in [-0.2, -0.15) is 10.2 Å². The first-order valence-corrected chi connectivity index (χ1v) is 10.4. The molecule has 2 aromatic rings. The van der Waals surface area contributed by atoms with Gasteiger partial charge < -0.3 is 5.32 Å². The molecule has 10 nitrogen and oxygen atoms in total. The SMILES string of the molecule is Cc1nn2cccnc2c1NC(=O)C1=NN(C2CCS(=O)(=O)C2)C(=O)CC1. The third-order valence-corrected chi connectivity index (χ3v) is 6.44. The van der Waals surface area contributed by atoms with Gasteiger partial charge in [-0.15, -0.1) is 0 Å². The van der Waals surface area contributed by atoms with Gasteiger partial charge in [0, 0.05) is 25.2 Å². The summed E-state index contributed by atoms with van der Waals surface area (Å²) in [5.41, 5.74) is 1.78. The van der Waals surface area contributed by atoms with Crippen LogP contribution in [0.15, 0.2) is 23.6 Å². The summed E-state index contributed by atoms with van der Waals surface area (Å²) in [6.45, 7) is 1.76. The van der Waals surface area contributed by atoms with Crippen LogP contribution in [-0.2, 0) is 19.4 Å². The number of hydrogen-bond donors (Lipinski definition) is 1. The molecule has 0 radical (unpaired) electrons. The maximum Gasteiger partial charge on any atom is 0.272 e. The number of rotatable bonds is 3. The van der Waals surface area contributed by atoms with E-state index in [-0.39, 0.29) is 36.0 Å². The molecule has 2 aliphatic heterocycles. The van der Waals surface area contributed by atoms with Gasteiger partial charge in [-0.1, -0.05) is 0 Å². The van der Waals surface area contributed by atoms with Crippen LogP contribution in [0.25, 0.3) is 5.65 Å². The van der Waals surface area contributed by atoms with Gasteiger partial charge in [-0.05, 0) is 19.4 Å². The van der Waals surface area contributed by atoms with Crippen molar-refractivity contribution >= 4 is 38.7 Å². The minimum Gasteiger partial charge on any atom is -0.316 e. The fraction of sp³-hybridized carbons (Fsp3) is 0.438. The first-order chi connectivity index (χ1) is 12.8. The Morgan fingerprint density at radius 1 is 1.33 bits per heavy atom. The Morgan fingerprint density at radius 3 is 2.89 bits per heavy atom. The van der Waals surface area contributed by atoms with Crippen LogP contribution in [0.5, 0.6) is 0 Å². The minimum atomic E-state index is -3.16. The number of nitrogens with one attached hydrogen (secondary N) is 1. The van der Waals surface area contributed by atoms with Crippen molar-refractivity contribution in [1.29, 1.82) is 0 Å². The molecule has 1 saturated heterocycles. The molecule has 4 rings (SSSR count). The molecular weight excluding hydrogens is 372 g/mol. The van der Waals surface area contributed by atoms with Crippen LogP contribution in [-0.4, -0.2) is 63.1 Å². The number of carbonyl (C=O) groups is 2. The molecule has 1 N–H and O–H groups in total. The Balaban J connectivity index is 1.58. The molecule has 4 heterocycles. The Kier molecular flexibility index (Phi) is 4.17. The van der Waals surface area contributed by atoms with Crippen LogP contribution in [0.2, 0.25) is 0 Å². The lowest BCUT2D eigenvalue weighted by Crippen LogP contribution is -2.42. The van der Waals surface area contributed by atoms with Crippen molar-refractivity contribution in [2.24, 2.45) is 5.10 Å². The van der Waals surface area contributed by atoms with Gasteiger partial charge in [0.2, 0.25) is 5.91 Å². The van der Waals surface area contributed by atoms with E-state index in [0.717, 1.165) is 0 Å². The van der Waals surface area contributed by atoms with E-state index in [1.807, 2.05) is 0 Å². The van der Waals surface area contributed by atoms with E-state index in [1.54, 1.807) is 29.9 Å². The quantitative estimate of drug-likeness (QED) is 0.794. The molecule has 2 aromatic heterocycles. The summed E-state index contributed by atoms with van der Waals surface area (Å²) < 4.78 is 25.0. The predicted octanol–water partition coefficient (Wildman–Crippen LogP) is 0.142. The zero-order chi connectivity index (χ0) is 19.2. The first-order valence-electron chi connectivity index (χ1n) is 8.55. The number of amides is 2. The minimum absolute atomic E-state index is 0.0335. The molecule has 1 fully saturated rings. The summed E-state index contributed by atoms with van der Waals surface area (Å²) in [5.74, 6) is -0.792. The predicted molar refractivity (Wildman–Crippen MR) is 96.9 cm³/mol. The van der Waals surface area contributed by atoms with Gasteiger partial charge in [0.15, 0.2) is 15.5 Å². The van der Waals surface area contributed by atoms with Crippen molar-refractivity contribution in [1.82, 2.24) is 19.6 Å². The number of aromatic nitrogens is 3. The summed E-state index contributed by atoms with van der Waals surface area (Å²) >= 11 is 0. The molecule has 1 atom stereocenters. The fourth-order valence-electron chi connectivity index (χ4n) is 3.32. The topological polar surface area (TPSA) is 126 Å². The maximum absolute atomic E-state index is 12.7. The van der Waals surface area contributed by atoms with E-state index in [0.29, 0.717) is 23.4 Å². The van der Waals surface area contributed by atoms with Crippen LogP contribution < -0.4 is 5.32 Å². The van der Waals surface area contributed by atoms with Crippen molar-refractivity contribution < 1.29 is 18.0 Å². The number of fused-ring (bicyclic) bond motifs is 1. The lowest BCUT2D eigenvalue weighted by Gasteiger charge is -2.27. The van der Waals surface area contributed by atoms with Gasteiger partial charge in [0.05, 0.1) is 23.2 Å². The van der Waals surface area contributed by atoms with Gasteiger partial charge in [0.25, 0.3) is 5.91 Å². The van der Waals surface area contributed by atoms with Crippen molar-refractivity contribution in [3.8, 4) is 0 Å². The van der Waals surface area contributed by atoms with Crippen molar-refractivity contribution in [2.75, 3.05) is 16.8 Å². The number of sulfone groups is 1. The summed E-state index contributed by atoms with van der Waals surface area (Å²) in [7, 11) is -3.16. The molecule has 142 valence electrons. The molecule has 0 aliphatic carbocycles. The number of aryl methyl sites for hydroxylation is 1. The second kappa shape index (κ2) is 6.41. The average molecular weight is 390 g/mol. The average Bonchev–Trinajstić information content (AvgIpc) is 3.14. The molecular formula is C16H18N6O4S. The molecule has 1 unspecified atom stereocenters. The Hall–Kier alpha value is -2.82. The molecule has 27 heavy (non-hydrogen) atoms. The van der Waals surface area contributed by atoms with E-state index < -0.39 is 21.8 Å². The lowest BCUT2D eigenvalue weighted by atomic mass is 10.1. The highest BCUT2D eigenvalue weighted by Crippen LogP contribution is 2.23. The van der Waals surface area contributed by atoms with Crippen LogP contribution in [0.4, 0.5) is 5.69 Å². The summed E-state index contributed by atoms with van der Waals surface area (Å²) in [4.78, 5) is 29.1. The summed E-state index contributed by atoms with van der Waals surface area (Å²) in [6, 6.07) is 1.22. The Labute approximate surface area is 155 Å². The van der Waals surface area contributed by atoms with E-state index in [1.165, 1.54) is 5.01 Å². The van der Waals surface area contributed by atoms with Crippen LogP contribution in [0.1, 0.15) is 25.0 Å². The molecule has 0 aromatic carbocycles. The van der Waals surface area contributed by atoms with Crippen molar-refractivity contribution in [3.05, 3.63) is 24.2 Å². The largest absolute Gasteiger partial charge is 0.316 e. The lowest BCUT2D eigenvalue weighted by molar-refractivity contribution is -0.133. The number of nitrogens with zero attached hydrogens (tertiary/aromatic N) is 5. The van der Waals surface area contributed by atoms with E-state index in [4.69, 9.17) is 0 Å². The number of anilines is 1. The van der Waals surface area contributed by atoms with E-state index >= 15 is 0 Å². The zero-order valence-corrected chi connectivity index (χ0v) is 15.4. The maximum atomic E-state index is 12.7. The van der Waals surface area contributed by atoms with Crippen LogP contribution in [0.3, 0.4) is 0 Å². The molecule has 0 saturated carbocycles. The standard InChI is InChI=1S/C16H18N6O4S/c1-10-14(15-17-6-2-7-21(15)19-10)18-16(24)12-3-4-13(23)22(20-12)11-5-8-27(25,26)9-11/h2,6-7,11H,3-5,8-9H2,1H3,(H,18,24). The molecule has 2 amide bonds. The normalized spacial score (nSPS) is 22.1. The highest BCUT2D eigenvalue weighted by Gasteiger charge is 2.37. The number of carbonyl (C=O) groups excluding carboxylic acids is 2. The van der Waals surface area contributed by atoms with Gasteiger partial charge in [-0.3, -0.25) is 9.59 Å². The van der Waals surface area contributed by atoms with E-state index in [2.05, 4.69) is 20.5 Å². The summed E-state index contributed by atoms with van der Waals surface area (Å²) in [5, 5.41) is 12.4. The zero-order valence-electron chi connectivity index (χ0n) is 14.6. The first kappa shape index (κ1) is 17.6. The Bertz CT molecular complexity index is 1070. The van der Waals surface area contributed by atoms with Crippen molar-refractivity contribution in [2.45, 2.75) is 32.2 Å². The number of hydrogen-bond acceptors (Lipinski definition) is 7. The molecule has 2 aliphatic rings. The molecule has 0 spiro atoms. The van der Waals surface area contributed by atoms with Crippen molar-refractivity contribution in [3.63, 3.8) is 0 Å². The fourth-order valence-corrected chi connectivity index (χ4v) is 5.01. The van der Waals surface area contributed by atoms with Crippen LogP contribution >= 0.6 is 0 Å². The molecule has 11 heteroatoms. The third-order valence-electron chi connectivity index (χ3n) is 4.68. The van der Waals surface area contributed by atoms with Gasteiger partial charge >= 0.3 is 0 Å². The highest BCUT2D eigenvalue weighted by molar-refractivity contribution is 7.91. The highest BCUT2D eigenvalue weighted by atomic mass is 32.2.